The zero-order valence-electron chi connectivity index (χ0n) is 15.5. The van der Waals surface area contributed by atoms with Gasteiger partial charge in [0.2, 0.25) is 21.8 Å². The van der Waals surface area contributed by atoms with Crippen molar-refractivity contribution in [2.24, 2.45) is 5.92 Å². The number of carbonyl (C=O) groups is 2. The molecule has 1 aliphatic heterocycles. The van der Waals surface area contributed by atoms with Crippen LogP contribution in [0.15, 0.2) is 0 Å². The van der Waals surface area contributed by atoms with Crippen molar-refractivity contribution < 1.29 is 18.0 Å². The number of likely N-dealkylation sites (tertiary alicyclic amines) is 1. The summed E-state index contributed by atoms with van der Waals surface area (Å²) in [5, 5.41) is 2.08. The molecule has 0 radical (unpaired) electrons. The highest BCUT2D eigenvalue weighted by Gasteiger charge is 2.37. The molecule has 0 aromatic rings. The standard InChI is InChI=1S/C17H31N3O4S/c1-13(2)18-16(21)12-19(3)25(23,24)15-9-6-10-20(11-15)17(22)14-7-4-5-8-14/h13-15H,4-12H2,1-3H3,(H,18,21)/t15-/m0/s1. The Bertz CT molecular complexity index is 585. The van der Waals surface area contributed by atoms with Crippen molar-refractivity contribution in [1.29, 1.82) is 0 Å². The van der Waals surface area contributed by atoms with E-state index < -0.39 is 15.3 Å². The molecule has 2 fully saturated rings. The van der Waals surface area contributed by atoms with Gasteiger partial charge in [-0.05, 0) is 39.5 Å². The van der Waals surface area contributed by atoms with Gasteiger partial charge in [0, 0.05) is 32.1 Å². The number of nitrogens with one attached hydrogen (secondary N) is 1. The van der Waals surface area contributed by atoms with E-state index in [9.17, 15) is 18.0 Å². The molecule has 25 heavy (non-hydrogen) atoms. The van der Waals surface area contributed by atoms with E-state index in [4.69, 9.17) is 0 Å². The Morgan fingerprint density at radius 2 is 1.80 bits per heavy atom. The molecule has 0 aromatic heterocycles. The molecule has 0 bridgehead atoms. The Morgan fingerprint density at radius 3 is 2.40 bits per heavy atom. The lowest BCUT2D eigenvalue weighted by Crippen LogP contribution is -2.51. The molecule has 1 saturated carbocycles. The summed E-state index contributed by atoms with van der Waals surface area (Å²) in [6.45, 7) is 4.36. The summed E-state index contributed by atoms with van der Waals surface area (Å²) in [4.78, 5) is 26.2. The zero-order chi connectivity index (χ0) is 18.6. The maximum absolute atomic E-state index is 12.8. The number of hydrogen-bond acceptors (Lipinski definition) is 4. The van der Waals surface area contributed by atoms with Gasteiger partial charge in [0.05, 0.1) is 11.8 Å². The average molecular weight is 374 g/mol. The largest absolute Gasteiger partial charge is 0.353 e. The van der Waals surface area contributed by atoms with E-state index in [1.807, 2.05) is 13.8 Å². The lowest BCUT2D eigenvalue weighted by molar-refractivity contribution is -0.136. The molecule has 1 saturated heterocycles. The van der Waals surface area contributed by atoms with Crippen LogP contribution in [0.2, 0.25) is 0 Å². The highest BCUT2D eigenvalue weighted by Crippen LogP contribution is 2.28. The van der Waals surface area contributed by atoms with Crippen LogP contribution in [0.4, 0.5) is 0 Å². The lowest BCUT2D eigenvalue weighted by Gasteiger charge is -2.35. The molecule has 2 aliphatic rings. The molecule has 2 rings (SSSR count). The molecule has 144 valence electrons. The molecule has 8 heteroatoms. The van der Waals surface area contributed by atoms with Gasteiger partial charge >= 0.3 is 0 Å². The summed E-state index contributed by atoms with van der Waals surface area (Å²) in [7, 11) is -2.17. The third kappa shape index (κ3) is 5.17. The zero-order valence-corrected chi connectivity index (χ0v) is 16.3. The van der Waals surface area contributed by atoms with Crippen molar-refractivity contribution in [3.63, 3.8) is 0 Å². The second-order valence-corrected chi connectivity index (χ2v) is 9.87. The monoisotopic (exact) mass is 373 g/mol. The van der Waals surface area contributed by atoms with Gasteiger partial charge in [-0.3, -0.25) is 9.59 Å². The van der Waals surface area contributed by atoms with Gasteiger partial charge in [-0.15, -0.1) is 0 Å². The maximum Gasteiger partial charge on any atom is 0.235 e. The van der Waals surface area contributed by atoms with Crippen molar-refractivity contribution in [1.82, 2.24) is 14.5 Å². The van der Waals surface area contributed by atoms with Gasteiger partial charge < -0.3 is 10.2 Å². The van der Waals surface area contributed by atoms with Gasteiger partial charge in [0.1, 0.15) is 0 Å². The Hall–Kier alpha value is -1.15. The lowest BCUT2D eigenvalue weighted by atomic mass is 10.0. The molecular formula is C17H31N3O4S. The van der Waals surface area contributed by atoms with Gasteiger partial charge in [-0.2, -0.15) is 4.31 Å². The summed E-state index contributed by atoms with van der Waals surface area (Å²) in [6, 6.07) is -0.0298. The maximum atomic E-state index is 12.8. The van der Waals surface area contributed by atoms with Crippen molar-refractivity contribution in [2.75, 3.05) is 26.7 Å². The van der Waals surface area contributed by atoms with Crippen LogP contribution in [0.1, 0.15) is 52.4 Å². The molecule has 1 N–H and O–H groups in total. The van der Waals surface area contributed by atoms with E-state index in [0.29, 0.717) is 19.4 Å². The highest BCUT2D eigenvalue weighted by molar-refractivity contribution is 7.89. The molecular weight excluding hydrogens is 342 g/mol. The topological polar surface area (TPSA) is 86.8 Å². The summed E-state index contributed by atoms with van der Waals surface area (Å²) in [6.07, 6.45) is 5.23. The molecule has 0 spiro atoms. The number of sulfonamides is 1. The fraction of sp³-hybridized carbons (Fsp3) is 0.882. The van der Waals surface area contributed by atoms with Crippen LogP contribution in [0.25, 0.3) is 0 Å². The van der Waals surface area contributed by atoms with Gasteiger partial charge in [0.15, 0.2) is 0 Å². The SMILES string of the molecule is CC(C)NC(=O)CN(C)S(=O)(=O)[C@H]1CCCN(C(=O)C2CCCC2)C1. The quantitative estimate of drug-likeness (QED) is 0.751. The van der Waals surface area contributed by atoms with E-state index in [1.165, 1.54) is 7.05 Å². The Balaban J connectivity index is 1.98. The molecule has 1 aliphatic carbocycles. The normalized spacial score (nSPS) is 22.6. The van der Waals surface area contributed by atoms with Crippen LogP contribution in [0.3, 0.4) is 0 Å². The first-order chi connectivity index (χ1) is 11.7. The van der Waals surface area contributed by atoms with Crippen LogP contribution in [-0.2, 0) is 19.6 Å². The minimum atomic E-state index is -3.60. The minimum absolute atomic E-state index is 0.0298. The smallest absolute Gasteiger partial charge is 0.235 e. The summed E-state index contributed by atoms with van der Waals surface area (Å²) >= 11 is 0. The van der Waals surface area contributed by atoms with Crippen LogP contribution in [0.5, 0.6) is 0 Å². The van der Waals surface area contributed by atoms with E-state index in [1.54, 1.807) is 4.90 Å². The number of hydrogen-bond donors (Lipinski definition) is 1. The Kier molecular flexibility index (Phi) is 6.85. The molecule has 7 nitrogen and oxygen atoms in total. The third-order valence-electron chi connectivity index (χ3n) is 5.07. The predicted octanol–water partition coefficient (Wildman–Crippen LogP) is 0.954. The number of amides is 2. The van der Waals surface area contributed by atoms with Gasteiger partial charge in [-0.25, -0.2) is 8.42 Å². The first-order valence-electron chi connectivity index (χ1n) is 9.25. The van der Waals surface area contributed by atoms with E-state index in [-0.39, 0.29) is 36.9 Å². The first kappa shape index (κ1) is 20.2. The minimum Gasteiger partial charge on any atom is -0.353 e. The predicted molar refractivity (Wildman–Crippen MR) is 96.4 cm³/mol. The number of rotatable bonds is 6. The Labute approximate surface area is 151 Å². The van der Waals surface area contributed by atoms with Crippen molar-refractivity contribution in [3.05, 3.63) is 0 Å². The third-order valence-corrected chi connectivity index (χ3v) is 7.29. The number of likely N-dealkylation sites (N-methyl/N-ethyl adjacent to an activating group) is 1. The fourth-order valence-corrected chi connectivity index (χ4v) is 5.37. The number of nitrogens with zero attached hydrogens (tertiary/aromatic N) is 2. The second kappa shape index (κ2) is 8.49. The molecule has 0 unspecified atom stereocenters. The Morgan fingerprint density at radius 1 is 1.16 bits per heavy atom. The van der Waals surface area contributed by atoms with Crippen LogP contribution in [-0.4, -0.2) is 67.4 Å². The second-order valence-electron chi connectivity index (χ2n) is 7.55. The average Bonchev–Trinajstić information content (AvgIpc) is 3.07. The summed E-state index contributed by atoms with van der Waals surface area (Å²) in [5.41, 5.74) is 0. The highest BCUT2D eigenvalue weighted by atomic mass is 32.2. The van der Waals surface area contributed by atoms with E-state index in [2.05, 4.69) is 5.32 Å². The number of carbonyl (C=O) groups excluding carboxylic acids is 2. The van der Waals surface area contributed by atoms with Crippen LogP contribution in [0, 0.1) is 5.92 Å². The van der Waals surface area contributed by atoms with Crippen LogP contribution >= 0.6 is 0 Å². The van der Waals surface area contributed by atoms with Crippen molar-refractivity contribution in [3.8, 4) is 0 Å². The van der Waals surface area contributed by atoms with Gasteiger partial charge in [-0.1, -0.05) is 12.8 Å². The fourth-order valence-electron chi connectivity index (χ4n) is 3.73. The number of piperidine rings is 1. The van der Waals surface area contributed by atoms with E-state index >= 15 is 0 Å². The molecule has 0 aromatic carbocycles. The molecule has 2 amide bonds. The van der Waals surface area contributed by atoms with Crippen molar-refractivity contribution >= 4 is 21.8 Å². The van der Waals surface area contributed by atoms with Gasteiger partial charge in [0.25, 0.3) is 0 Å². The molecule has 1 atom stereocenters. The summed E-state index contributed by atoms with van der Waals surface area (Å²) < 4.78 is 26.7. The van der Waals surface area contributed by atoms with Crippen molar-refractivity contribution in [2.45, 2.75) is 63.7 Å². The molecule has 1 heterocycles. The summed E-state index contributed by atoms with van der Waals surface area (Å²) in [5.74, 6) is -0.135. The van der Waals surface area contributed by atoms with Crippen LogP contribution < -0.4 is 5.32 Å². The first-order valence-corrected chi connectivity index (χ1v) is 10.8. The van der Waals surface area contributed by atoms with E-state index in [0.717, 1.165) is 30.0 Å².